The van der Waals surface area contributed by atoms with Crippen LogP contribution in [0.5, 0.6) is 5.75 Å². The maximum atomic E-state index is 14.1. The van der Waals surface area contributed by atoms with Gasteiger partial charge >= 0.3 is 0 Å². The van der Waals surface area contributed by atoms with Gasteiger partial charge in [0.15, 0.2) is 17.2 Å². The van der Waals surface area contributed by atoms with Gasteiger partial charge in [-0.15, -0.1) is 0 Å². The van der Waals surface area contributed by atoms with Crippen LogP contribution in [0.15, 0.2) is 35.1 Å². The molecule has 0 bridgehead atoms. The molecule has 0 spiro atoms. The molecule has 2 heterocycles. The maximum Gasteiger partial charge on any atom is 0.257 e. The molecule has 2 N–H and O–H groups in total. The quantitative estimate of drug-likeness (QED) is 0.718. The van der Waals surface area contributed by atoms with Crippen LogP contribution in [0, 0.1) is 5.82 Å². The van der Waals surface area contributed by atoms with E-state index < -0.39 is 17.4 Å². The molecular formula is C17H15F2N3O3. The fraction of sp³-hybridized carbons (Fsp3) is 0.294. The van der Waals surface area contributed by atoms with E-state index in [1.807, 2.05) is 0 Å². The first-order valence-corrected chi connectivity index (χ1v) is 7.84. The summed E-state index contributed by atoms with van der Waals surface area (Å²) in [6.45, 7) is 0.233. The van der Waals surface area contributed by atoms with E-state index in [-0.39, 0.29) is 31.7 Å². The number of hydrogen-bond donors (Lipinski definition) is 2. The van der Waals surface area contributed by atoms with Crippen molar-refractivity contribution < 1.29 is 22.8 Å². The van der Waals surface area contributed by atoms with Gasteiger partial charge in [-0.25, -0.2) is 8.78 Å². The Morgan fingerprint density at radius 2 is 2.24 bits per heavy atom. The van der Waals surface area contributed by atoms with Gasteiger partial charge in [0, 0.05) is 28.7 Å². The van der Waals surface area contributed by atoms with Gasteiger partial charge in [0.25, 0.3) is 5.91 Å². The van der Waals surface area contributed by atoms with E-state index >= 15 is 0 Å². The van der Waals surface area contributed by atoms with E-state index in [4.69, 9.17) is 9.26 Å². The molecule has 1 aliphatic carbocycles. The molecule has 3 aromatic rings. The zero-order valence-electron chi connectivity index (χ0n) is 13.1. The van der Waals surface area contributed by atoms with Gasteiger partial charge in [-0.1, -0.05) is 5.16 Å². The Morgan fingerprint density at radius 3 is 2.96 bits per heavy atom. The number of benzene rings is 1. The predicted molar refractivity (Wildman–Crippen MR) is 84.0 cm³/mol. The monoisotopic (exact) mass is 347 g/mol. The van der Waals surface area contributed by atoms with Crippen molar-refractivity contribution in [3.8, 4) is 5.75 Å². The van der Waals surface area contributed by atoms with Crippen LogP contribution >= 0.6 is 0 Å². The summed E-state index contributed by atoms with van der Waals surface area (Å²) in [4.78, 5) is 14.7. The van der Waals surface area contributed by atoms with Crippen LogP contribution in [0.25, 0.3) is 10.9 Å². The number of carbonyl (C=O) groups is 1. The van der Waals surface area contributed by atoms with Crippen molar-refractivity contribution in [2.45, 2.75) is 31.7 Å². The largest absolute Gasteiger partial charge is 0.484 e. The second-order valence-corrected chi connectivity index (χ2v) is 6.09. The Morgan fingerprint density at radius 1 is 1.40 bits per heavy atom. The number of nitrogens with one attached hydrogen (secondary N) is 2. The average molecular weight is 347 g/mol. The molecule has 0 saturated heterocycles. The number of amides is 1. The van der Waals surface area contributed by atoms with E-state index in [0.29, 0.717) is 22.3 Å². The molecular weight excluding hydrogens is 332 g/mol. The lowest BCUT2D eigenvalue weighted by atomic mass is 10.2. The summed E-state index contributed by atoms with van der Waals surface area (Å²) >= 11 is 0. The van der Waals surface area contributed by atoms with E-state index in [1.54, 1.807) is 12.1 Å². The molecule has 0 radical (unpaired) electrons. The van der Waals surface area contributed by atoms with E-state index in [9.17, 15) is 13.6 Å². The van der Waals surface area contributed by atoms with Crippen LogP contribution < -0.4 is 10.1 Å². The highest BCUT2D eigenvalue weighted by molar-refractivity contribution is 5.88. The zero-order valence-corrected chi connectivity index (χ0v) is 13.1. The summed E-state index contributed by atoms with van der Waals surface area (Å²) in [5, 5.41) is 6.87. The fourth-order valence-electron chi connectivity index (χ4n) is 2.53. The normalized spacial score (nSPS) is 15.3. The third-order valence-electron chi connectivity index (χ3n) is 4.13. The Bertz CT molecular complexity index is 917. The van der Waals surface area contributed by atoms with Crippen LogP contribution in [0.2, 0.25) is 0 Å². The second-order valence-electron chi connectivity index (χ2n) is 6.09. The summed E-state index contributed by atoms with van der Waals surface area (Å²) in [7, 11) is 0. The third kappa shape index (κ3) is 3.19. The Balaban J connectivity index is 1.47. The number of H-pyrrole nitrogens is 1. The second kappa shape index (κ2) is 5.87. The van der Waals surface area contributed by atoms with Crippen molar-refractivity contribution >= 4 is 16.8 Å². The molecule has 1 fully saturated rings. The lowest BCUT2D eigenvalue weighted by Crippen LogP contribution is -2.32. The highest BCUT2D eigenvalue weighted by Gasteiger charge is 2.50. The number of hydrogen-bond acceptors (Lipinski definition) is 4. The van der Waals surface area contributed by atoms with Gasteiger partial charge in [0.1, 0.15) is 18.6 Å². The number of rotatable bonds is 6. The van der Waals surface area contributed by atoms with Gasteiger partial charge in [-0.05, 0) is 25.0 Å². The minimum atomic E-state index is -1.71. The van der Waals surface area contributed by atoms with Gasteiger partial charge in [0.05, 0.1) is 6.54 Å². The first kappa shape index (κ1) is 15.6. The van der Waals surface area contributed by atoms with Crippen LogP contribution in [0.4, 0.5) is 8.78 Å². The SMILES string of the molecule is O=C(NCc1cc2cc(F)c(OCc3ccon3)cc2[nH]1)C1(F)CC1. The molecule has 1 aromatic carbocycles. The number of carbonyl (C=O) groups excluding carboxylic acids is 1. The molecule has 25 heavy (non-hydrogen) atoms. The maximum absolute atomic E-state index is 14.1. The van der Waals surface area contributed by atoms with Gasteiger partial charge in [0.2, 0.25) is 0 Å². The number of nitrogens with zero attached hydrogens (tertiary/aromatic N) is 1. The molecule has 0 unspecified atom stereocenters. The van der Waals surface area contributed by atoms with Crippen molar-refractivity contribution in [1.29, 1.82) is 0 Å². The summed E-state index contributed by atoms with van der Waals surface area (Å²) in [5.41, 5.74) is 0.151. The fourth-order valence-corrected chi connectivity index (χ4v) is 2.53. The van der Waals surface area contributed by atoms with Crippen molar-refractivity contribution in [3.63, 3.8) is 0 Å². The molecule has 2 aromatic heterocycles. The molecule has 130 valence electrons. The molecule has 4 rings (SSSR count). The third-order valence-corrected chi connectivity index (χ3v) is 4.13. The summed E-state index contributed by atoms with van der Waals surface area (Å²) in [5.74, 6) is -1.03. The lowest BCUT2D eigenvalue weighted by Gasteiger charge is -2.06. The summed E-state index contributed by atoms with van der Waals surface area (Å²) in [6, 6.07) is 6.21. The predicted octanol–water partition coefficient (Wildman–Crippen LogP) is 2.99. The topological polar surface area (TPSA) is 80.2 Å². The summed E-state index contributed by atoms with van der Waals surface area (Å²) in [6.07, 6.45) is 1.94. The minimum absolute atomic E-state index is 0.0774. The highest BCUT2D eigenvalue weighted by Crippen LogP contribution is 2.39. The number of fused-ring (bicyclic) bond motifs is 1. The van der Waals surface area contributed by atoms with Crippen molar-refractivity contribution in [1.82, 2.24) is 15.5 Å². The molecule has 1 aliphatic rings. The van der Waals surface area contributed by atoms with Crippen LogP contribution in [0.1, 0.15) is 24.2 Å². The Kier molecular flexibility index (Phi) is 3.67. The highest BCUT2D eigenvalue weighted by atomic mass is 19.1. The van der Waals surface area contributed by atoms with Crippen molar-refractivity contribution in [2.24, 2.45) is 0 Å². The molecule has 1 saturated carbocycles. The number of ether oxygens (including phenoxy) is 1. The number of halogens is 2. The Hall–Kier alpha value is -2.90. The zero-order chi connectivity index (χ0) is 17.4. The first-order chi connectivity index (χ1) is 12.0. The van der Waals surface area contributed by atoms with E-state index in [0.717, 1.165) is 0 Å². The van der Waals surface area contributed by atoms with Crippen molar-refractivity contribution in [2.75, 3.05) is 0 Å². The molecule has 0 atom stereocenters. The number of aromatic nitrogens is 2. The van der Waals surface area contributed by atoms with Crippen LogP contribution in [0.3, 0.4) is 0 Å². The minimum Gasteiger partial charge on any atom is -0.484 e. The molecule has 0 aliphatic heterocycles. The van der Waals surface area contributed by atoms with Crippen LogP contribution in [-0.4, -0.2) is 21.7 Å². The lowest BCUT2D eigenvalue weighted by molar-refractivity contribution is -0.127. The van der Waals surface area contributed by atoms with E-state index in [1.165, 1.54) is 18.4 Å². The van der Waals surface area contributed by atoms with Gasteiger partial charge in [-0.2, -0.15) is 0 Å². The van der Waals surface area contributed by atoms with E-state index in [2.05, 4.69) is 15.5 Å². The smallest absolute Gasteiger partial charge is 0.257 e. The number of alkyl halides is 1. The number of aromatic amines is 1. The summed E-state index contributed by atoms with van der Waals surface area (Å²) < 4.78 is 37.8. The average Bonchev–Trinajstić information content (AvgIpc) is 3.01. The first-order valence-electron chi connectivity index (χ1n) is 7.84. The molecule has 8 heteroatoms. The molecule has 6 nitrogen and oxygen atoms in total. The Labute approximate surface area is 141 Å². The van der Waals surface area contributed by atoms with Crippen molar-refractivity contribution in [3.05, 3.63) is 47.7 Å². The van der Waals surface area contributed by atoms with Crippen LogP contribution in [-0.2, 0) is 17.9 Å². The van der Waals surface area contributed by atoms with Gasteiger partial charge in [-0.3, -0.25) is 4.79 Å². The molecule has 1 amide bonds. The van der Waals surface area contributed by atoms with Gasteiger partial charge < -0.3 is 19.6 Å². The standard InChI is InChI=1S/C17H15F2N3O3/c18-13-6-10-5-12(8-20-16(23)17(19)2-3-17)21-14(10)7-15(13)24-9-11-1-4-25-22-11/h1,4-7,21H,2-3,8-9H2,(H,20,23).